The van der Waals surface area contributed by atoms with Crippen molar-refractivity contribution in [1.82, 2.24) is 4.31 Å². The second kappa shape index (κ2) is 6.39. The van der Waals surface area contributed by atoms with E-state index in [0.29, 0.717) is 11.4 Å². The van der Waals surface area contributed by atoms with Crippen molar-refractivity contribution in [2.24, 2.45) is 0 Å². The van der Waals surface area contributed by atoms with E-state index < -0.39 is 10.0 Å². The molecule has 116 valence electrons. The molecule has 0 atom stereocenters. The van der Waals surface area contributed by atoms with Crippen LogP contribution in [0.4, 0.5) is 0 Å². The van der Waals surface area contributed by atoms with Crippen LogP contribution in [0.25, 0.3) is 0 Å². The first-order valence-corrected chi connectivity index (χ1v) is 10.4. The molecule has 0 aliphatic heterocycles. The number of fused-ring (bicyclic) bond motifs is 1. The number of benzene rings is 1. The van der Waals surface area contributed by atoms with Gasteiger partial charge in [0.2, 0.25) is 10.0 Å². The van der Waals surface area contributed by atoms with E-state index in [1.54, 1.807) is 10.4 Å². The highest BCUT2D eigenvalue weighted by Gasteiger charge is 2.34. The molecule has 0 radical (unpaired) electrons. The Morgan fingerprint density at radius 2 is 1.90 bits per heavy atom. The van der Waals surface area contributed by atoms with Gasteiger partial charge in [0.1, 0.15) is 0 Å². The van der Waals surface area contributed by atoms with Gasteiger partial charge in [-0.15, -0.1) is 0 Å². The third-order valence-electron chi connectivity index (χ3n) is 4.67. The van der Waals surface area contributed by atoms with Crippen molar-refractivity contribution in [3.63, 3.8) is 0 Å². The number of nitrogens with zero attached hydrogens (tertiary/aromatic N) is 1. The third-order valence-corrected chi connectivity index (χ3v) is 7.18. The van der Waals surface area contributed by atoms with Crippen LogP contribution in [0.15, 0.2) is 23.1 Å². The normalized spacial score (nSPS) is 18.8. The zero-order chi connectivity index (χ0) is 14.9. The summed E-state index contributed by atoms with van der Waals surface area (Å²) in [6.45, 7) is 0.620. The molecule has 21 heavy (non-hydrogen) atoms. The molecule has 5 heteroatoms. The van der Waals surface area contributed by atoms with Crippen LogP contribution in [0.3, 0.4) is 0 Å². The van der Waals surface area contributed by atoms with Crippen LogP contribution in [-0.4, -0.2) is 30.6 Å². The van der Waals surface area contributed by atoms with Crippen molar-refractivity contribution < 1.29 is 8.42 Å². The summed E-state index contributed by atoms with van der Waals surface area (Å²) in [6.07, 6.45) is 7.28. The van der Waals surface area contributed by atoms with E-state index in [4.69, 9.17) is 0 Å². The van der Waals surface area contributed by atoms with Crippen LogP contribution in [0.5, 0.6) is 0 Å². The number of hydrogen-bond donors (Lipinski definition) is 0. The monoisotopic (exact) mass is 371 g/mol. The van der Waals surface area contributed by atoms with Gasteiger partial charge in [-0.25, -0.2) is 8.42 Å². The van der Waals surface area contributed by atoms with Crippen molar-refractivity contribution in [2.45, 2.75) is 55.9 Å². The lowest BCUT2D eigenvalue weighted by atomic mass is 9.93. The van der Waals surface area contributed by atoms with Crippen molar-refractivity contribution in [3.8, 4) is 0 Å². The van der Waals surface area contributed by atoms with Crippen molar-refractivity contribution in [3.05, 3.63) is 29.3 Å². The second-order valence-electron chi connectivity index (χ2n) is 6.03. The first-order chi connectivity index (χ1) is 10.1. The first kappa shape index (κ1) is 15.5. The minimum Gasteiger partial charge on any atom is -0.207 e. The fourth-order valence-corrected chi connectivity index (χ4v) is 5.26. The maximum absolute atomic E-state index is 13.0. The lowest BCUT2D eigenvalue weighted by Gasteiger charge is -2.36. The van der Waals surface area contributed by atoms with Gasteiger partial charge in [-0.2, -0.15) is 4.31 Å². The van der Waals surface area contributed by atoms with E-state index in [9.17, 15) is 8.42 Å². The van der Waals surface area contributed by atoms with E-state index in [-0.39, 0.29) is 6.04 Å². The molecule has 0 N–H and O–H groups in total. The Morgan fingerprint density at radius 1 is 1.14 bits per heavy atom. The fourth-order valence-electron chi connectivity index (χ4n) is 3.23. The lowest BCUT2D eigenvalue weighted by Crippen LogP contribution is -2.44. The van der Waals surface area contributed by atoms with E-state index in [1.807, 2.05) is 12.1 Å². The van der Waals surface area contributed by atoms with Gasteiger partial charge in [-0.05, 0) is 61.8 Å². The van der Waals surface area contributed by atoms with Gasteiger partial charge < -0.3 is 0 Å². The summed E-state index contributed by atoms with van der Waals surface area (Å²) in [7, 11) is -3.34. The summed E-state index contributed by atoms with van der Waals surface area (Å²) in [5, 5.41) is 0.843. The SMILES string of the molecule is O=S(=O)(c1ccc2c(c1)CCC2)N(CCCBr)C1CCC1. The van der Waals surface area contributed by atoms with Crippen molar-refractivity contribution in [1.29, 1.82) is 0 Å². The maximum atomic E-state index is 13.0. The summed E-state index contributed by atoms with van der Waals surface area (Å²) < 4.78 is 27.7. The lowest BCUT2D eigenvalue weighted by molar-refractivity contribution is 0.220. The minimum absolute atomic E-state index is 0.210. The van der Waals surface area contributed by atoms with Crippen LogP contribution in [0.2, 0.25) is 0 Å². The Hall–Kier alpha value is -0.390. The number of alkyl halides is 1. The predicted molar refractivity (Wildman–Crippen MR) is 88.4 cm³/mol. The highest BCUT2D eigenvalue weighted by molar-refractivity contribution is 9.09. The standard InChI is InChI=1S/C16H22BrNO2S/c17-10-3-11-18(15-6-2-7-15)21(19,20)16-9-8-13-4-1-5-14(13)12-16/h8-9,12,15H,1-7,10-11H2. The zero-order valence-corrected chi connectivity index (χ0v) is 14.6. The second-order valence-corrected chi connectivity index (χ2v) is 8.71. The van der Waals surface area contributed by atoms with E-state index in [1.165, 1.54) is 11.1 Å². The van der Waals surface area contributed by atoms with E-state index >= 15 is 0 Å². The summed E-state index contributed by atoms with van der Waals surface area (Å²) in [5.41, 5.74) is 2.55. The van der Waals surface area contributed by atoms with Crippen LogP contribution >= 0.6 is 15.9 Å². The Balaban J connectivity index is 1.89. The van der Waals surface area contributed by atoms with Crippen LogP contribution < -0.4 is 0 Å². The highest BCUT2D eigenvalue weighted by Crippen LogP contribution is 2.32. The molecular weight excluding hydrogens is 350 g/mol. The summed E-state index contributed by atoms with van der Waals surface area (Å²) in [4.78, 5) is 0.490. The molecule has 2 aliphatic carbocycles. The number of sulfonamides is 1. The van der Waals surface area contributed by atoms with E-state index in [2.05, 4.69) is 15.9 Å². The van der Waals surface area contributed by atoms with Crippen molar-refractivity contribution in [2.75, 3.05) is 11.9 Å². The van der Waals surface area contributed by atoms with Crippen LogP contribution in [-0.2, 0) is 22.9 Å². The Kier molecular flexibility index (Phi) is 4.71. The Labute approximate surface area is 135 Å². The minimum atomic E-state index is -3.34. The van der Waals surface area contributed by atoms with Gasteiger partial charge in [0.25, 0.3) is 0 Å². The molecule has 3 rings (SSSR count). The van der Waals surface area contributed by atoms with Crippen LogP contribution in [0.1, 0.15) is 43.2 Å². The molecule has 0 amide bonds. The predicted octanol–water partition coefficient (Wildman–Crippen LogP) is 3.50. The number of rotatable bonds is 6. The molecule has 0 aromatic heterocycles. The Bertz CT molecular complexity index is 611. The number of halogens is 1. The molecule has 2 aliphatic rings. The average molecular weight is 372 g/mol. The zero-order valence-electron chi connectivity index (χ0n) is 12.2. The fraction of sp³-hybridized carbons (Fsp3) is 0.625. The third kappa shape index (κ3) is 3.06. The highest BCUT2D eigenvalue weighted by atomic mass is 79.9. The summed E-state index contributed by atoms with van der Waals surface area (Å²) in [6, 6.07) is 5.94. The molecule has 0 spiro atoms. The molecule has 1 aromatic rings. The van der Waals surface area contributed by atoms with Gasteiger partial charge in [0, 0.05) is 17.9 Å². The molecule has 3 nitrogen and oxygen atoms in total. The van der Waals surface area contributed by atoms with Crippen LogP contribution in [0, 0.1) is 0 Å². The molecule has 0 unspecified atom stereocenters. The molecule has 0 saturated heterocycles. The van der Waals surface area contributed by atoms with Gasteiger partial charge in [-0.1, -0.05) is 28.4 Å². The molecule has 0 bridgehead atoms. The van der Waals surface area contributed by atoms with Gasteiger partial charge >= 0.3 is 0 Å². The van der Waals surface area contributed by atoms with Gasteiger partial charge in [0.05, 0.1) is 4.90 Å². The average Bonchev–Trinajstić information content (AvgIpc) is 2.88. The number of hydrogen-bond acceptors (Lipinski definition) is 2. The maximum Gasteiger partial charge on any atom is 0.243 e. The molecular formula is C16H22BrNO2S. The first-order valence-electron chi connectivity index (χ1n) is 7.82. The molecule has 1 fully saturated rings. The quantitative estimate of drug-likeness (QED) is 0.717. The molecule has 1 aromatic carbocycles. The summed E-state index contributed by atoms with van der Waals surface area (Å²) in [5.74, 6) is 0. The van der Waals surface area contributed by atoms with Gasteiger partial charge in [0.15, 0.2) is 0 Å². The summed E-state index contributed by atoms with van der Waals surface area (Å²) >= 11 is 3.41. The largest absolute Gasteiger partial charge is 0.243 e. The topological polar surface area (TPSA) is 37.4 Å². The number of aryl methyl sites for hydroxylation is 2. The van der Waals surface area contributed by atoms with Gasteiger partial charge in [-0.3, -0.25) is 0 Å². The Morgan fingerprint density at radius 3 is 2.57 bits per heavy atom. The van der Waals surface area contributed by atoms with Crippen molar-refractivity contribution >= 4 is 26.0 Å². The smallest absolute Gasteiger partial charge is 0.207 e. The molecule has 1 saturated carbocycles. The molecule has 0 heterocycles. The van der Waals surface area contributed by atoms with E-state index in [0.717, 1.165) is 50.3 Å².